The Balaban J connectivity index is 2.16. The lowest BCUT2D eigenvalue weighted by Gasteiger charge is -2.23. The van der Waals surface area contributed by atoms with E-state index in [1.54, 1.807) is 5.38 Å². The highest BCUT2D eigenvalue weighted by Crippen LogP contribution is 2.23. The van der Waals surface area contributed by atoms with E-state index in [0.29, 0.717) is 12.2 Å². The number of hydrogen-bond donors (Lipinski definition) is 2. The summed E-state index contributed by atoms with van der Waals surface area (Å²) in [5.74, 6) is -0.186. The molecule has 0 saturated carbocycles. The highest BCUT2D eigenvalue weighted by molar-refractivity contribution is 7.13. The van der Waals surface area contributed by atoms with Crippen LogP contribution in [0.25, 0.3) is 10.6 Å². The van der Waals surface area contributed by atoms with Crippen molar-refractivity contribution in [3.8, 4) is 10.6 Å². The molecule has 0 aliphatic rings. The minimum Gasteiger partial charge on any atom is -0.345 e. The van der Waals surface area contributed by atoms with Gasteiger partial charge in [0.2, 0.25) is 0 Å². The fourth-order valence-electron chi connectivity index (χ4n) is 1.51. The molecular weight excluding hydrogens is 258 g/mol. The van der Waals surface area contributed by atoms with Gasteiger partial charge in [-0.05, 0) is 13.8 Å². The molecule has 0 bridgehead atoms. The van der Waals surface area contributed by atoms with Gasteiger partial charge in [0.25, 0.3) is 5.91 Å². The molecule has 0 radical (unpaired) electrons. The second kappa shape index (κ2) is 5.50. The van der Waals surface area contributed by atoms with Crippen molar-refractivity contribution in [1.82, 2.24) is 10.3 Å². The van der Waals surface area contributed by atoms with E-state index in [0.717, 1.165) is 10.6 Å². The van der Waals surface area contributed by atoms with Crippen molar-refractivity contribution < 1.29 is 4.79 Å². The molecule has 0 fully saturated rings. The van der Waals surface area contributed by atoms with E-state index in [9.17, 15) is 4.79 Å². The fourth-order valence-corrected chi connectivity index (χ4v) is 2.32. The first-order valence-electron chi connectivity index (χ1n) is 6.05. The Morgan fingerprint density at radius 3 is 2.68 bits per heavy atom. The van der Waals surface area contributed by atoms with E-state index in [2.05, 4.69) is 10.3 Å². The molecule has 0 saturated heterocycles. The molecule has 5 heteroatoms. The normalized spacial score (nSPS) is 11.3. The number of hydrogen-bond acceptors (Lipinski definition) is 4. The van der Waals surface area contributed by atoms with Gasteiger partial charge in [0.1, 0.15) is 10.7 Å². The average Bonchev–Trinajstić information content (AvgIpc) is 2.89. The summed E-state index contributed by atoms with van der Waals surface area (Å²) in [5, 5.41) is 5.48. The number of carbonyl (C=O) groups is 1. The van der Waals surface area contributed by atoms with Crippen molar-refractivity contribution in [3.05, 3.63) is 41.4 Å². The standard InChI is InChI=1S/C14H17N3OS/c1-14(2,9-15)17-12(18)11-8-19-13(16-11)10-6-4-3-5-7-10/h3-8H,9,15H2,1-2H3,(H,17,18). The topological polar surface area (TPSA) is 68.0 Å². The Kier molecular flexibility index (Phi) is 3.97. The number of rotatable bonds is 4. The number of carbonyl (C=O) groups excluding carboxylic acids is 1. The van der Waals surface area contributed by atoms with E-state index < -0.39 is 5.54 Å². The molecule has 0 aliphatic heterocycles. The van der Waals surface area contributed by atoms with Gasteiger partial charge < -0.3 is 11.1 Å². The summed E-state index contributed by atoms with van der Waals surface area (Å²) in [6.07, 6.45) is 0. The summed E-state index contributed by atoms with van der Waals surface area (Å²) >= 11 is 1.46. The maximum Gasteiger partial charge on any atom is 0.271 e. The zero-order valence-electron chi connectivity index (χ0n) is 11.0. The van der Waals surface area contributed by atoms with Crippen LogP contribution in [0.1, 0.15) is 24.3 Å². The second-order valence-electron chi connectivity index (χ2n) is 4.95. The molecule has 1 aromatic carbocycles. The molecule has 0 aliphatic carbocycles. The van der Waals surface area contributed by atoms with Gasteiger partial charge in [-0.15, -0.1) is 11.3 Å². The van der Waals surface area contributed by atoms with Crippen molar-refractivity contribution in [2.75, 3.05) is 6.54 Å². The lowest BCUT2D eigenvalue weighted by atomic mass is 10.1. The van der Waals surface area contributed by atoms with Crippen molar-refractivity contribution >= 4 is 17.2 Å². The number of thiazole rings is 1. The predicted octanol–water partition coefficient (Wildman–Crippen LogP) is 2.28. The van der Waals surface area contributed by atoms with Crippen LogP contribution in [-0.4, -0.2) is 23.0 Å². The third-order valence-electron chi connectivity index (χ3n) is 2.72. The summed E-state index contributed by atoms with van der Waals surface area (Å²) in [4.78, 5) is 16.4. The summed E-state index contributed by atoms with van der Waals surface area (Å²) in [6, 6.07) is 9.81. The molecular formula is C14H17N3OS. The average molecular weight is 275 g/mol. The van der Waals surface area contributed by atoms with E-state index in [1.807, 2.05) is 44.2 Å². The van der Waals surface area contributed by atoms with E-state index in [1.165, 1.54) is 11.3 Å². The zero-order chi connectivity index (χ0) is 13.9. The smallest absolute Gasteiger partial charge is 0.271 e. The number of nitrogens with one attached hydrogen (secondary N) is 1. The van der Waals surface area contributed by atoms with E-state index in [-0.39, 0.29) is 5.91 Å². The van der Waals surface area contributed by atoms with Crippen molar-refractivity contribution in [2.24, 2.45) is 5.73 Å². The molecule has 19 heavy (non-hydrogen) atoms. The van der Waals surface area contributed by atoms with Gasteiger partial charge >= 0.3 is 0 Å². The van der Waals surface area contributed by atoms with Crippen molar-refractivity contribution in [1.29, 1.82) is 0 Å². The van der Waals surface area contributed by atoms with E-state index in [4.69, 9.17) is 5.73 Å². The highest BCUT2D eigenvalue weighted by atomic mass is 32.1. The van der Waals surface area contributed by atoms with Crippen LogP contribution in [0.5, 0.6) is 0 Å². The predicted molar refractivity (Wildman–Crippen MR) is 78.1 cm³/mol. The number of benzene rings is 1. The Morgan fingerprint density at radius 2 is 2.05 bits per heavy atom. The van der Waals surface area contributed by atoms with Gasteiger partial charge in [-0.2, -0.15) is 0 Å². The van der Waals surface area contributed by atoms with Crippen molar-refractivity contribution in [3.63, 3.8) is 0 Å². The van der Waals surface area contributed by atoms with Crippen LogP contribution in [0, 0.1) is 0 Å². The van der Waals surface area contributed by atoms with Crippen LogP contribution in [0.4, 0.5) is 0 Å². The van der Waals surface area contributed by atoms with Crippen molar-refractivity contribution in [2.45, 2.75) is 19.4 Å². The van der Waals surface area contributed by atoms with Crippen LogP contribution >= 0.6 is 11.3 Å². The monoisotopic (exact) mass is 275 g/mol. The van der Waals surface area contributed by atoms with Crippen LogP contribution in [-0.2, 0) is 0 Å². The first-order valence-corrected chi connectivity index (χ1v) is 6.93. The maximum atomic E-state index is 12.0. The van der Waals surface area contributed by atoms with Crippen LogP contribution in [0.15, 0.2) is 35.7 Å². The molecule has 0 unspecified atom stereocenters. The quantitative estimate of drug-likeness (QED) is 0.899. The summed E-state index contributed by atoms with van der Waals surface area (Å²) in [6.45, 7) is 4.15. The Morgan fingerprint density at radius 1 is 1.37 bits per heavy atom. The van der Waals surface area contributed by atoms with Gasteiger partial charge in [-0.1, -0.05) is 30.3 Å². The van der Waals surface area contributed by atoms with Gasteiger partial charge in [0.15, 0.2) is 0 Å². The first kappa shape index (κ1) is 13.7. The Hall–Kier alpha value is -1.72. The Labute approximate surface area is 116 Å². The summed E-state index contributed by atoms with van der Waals surface area (Å²) in [5.41, 5.74) is 6.63. The van der Waals surface area contributed by atoms with Gasteiger partial charge in [0.05, 0.1) is 0 Å². The highest BCUT2D eigenvalue weighted by Gasteiger charge is 2.21. The lowest BCUT2D eigenvalue weighted by molar-refractivity contribution is 0.0911. The number of nitrogens with two attached hydrogens (primary N) is 1. The molecule has 1 amide bonds. The molecule has 2 rings (SSSR count). The minimum absolute atomic E-state index is 0.186. The zero-order valence-corrected chi connectivity index (χ0v) is 11.8. The van der Waals surface area contributed by atoms with Crippen LogP contribution in [0.2, 0.25) is 0 Å². The summed E-state index contributed by atoms with van der Waals surface area (Å²) < 4.78 is 0. The third-order valence-corrected chi connectivity index (χ3v) is 3.61. The maximum absolute atomic E-state index is 12.0. The van der Waals surface area contributed by atoms with Crippen LogP contribution in [0.3, 0.4) is 0 Å². The molecule has 4 nitrogen and oxygen atoms in total. The molecule has 0 atom stereocenters. The largest absolute Gasteiger partial charge is 0.345 e. The van der Waals surface area contributed by atoms with Gasteiger partial charge in [-0.25, -0.2) is 4.98 Å². The molecule has 1 heterocycles. The molecule has 0 spiro atoms. The minimum atomic E-state index is -0.423. The third kappa shape index (κ3) is 3.39. The number of amides is 1. The Bertz CT molecular complexity index is 563. The molecule has 3 N–H and O–H groups in total. The summed E-state index contributed by atoms with van der Waals surface area (Å²) in [7, 11) is 0. The van der Waals surface area contributed by atoms with Gasteiger partial charge in [-0.3, -0.25) is 4.79 Å². The van der Waals surface area contributed by atoms with Crippen LogP contribution < -0.4 is 11.1 Å². The van der Waals surface area contributed by atoms with E-state index >= 15 is 0 Å². The van der Waals surface area contributed by atoms with Gasteiger partial charge in [0, 0.05) is 23.0 Å². The lowest BCUT2D eigenvalue weighted by Crippen LogP contribution is -2.48. The molecule has 2 aromatic rings. The number of aromatic nitrogens is 1. The molecule has 100 valence electrons. The molecule has 1 aromatic heterocycles. The SMILES string of the molecule is CC(C)(CN)NC(=O)c1csc(-c2ccccc2)n1. The second-order valence-corrected chi connectivity index (χ2v) is 5.80. The number of nitrogens with zero attached hydrogens (tertiary/aromatic N) is 1. The fraction of sp³-hybridized carbons (Fsp3) is 0.286. The first-order chi connectivity index (χ1) is 9.02.